The fraction of sp³-hybridized carbons (Fsp3) is 0.905. The largest absolute Gasteiger partial charge is 0.330 e. The third-order valence-electron chi connectivity index (χ3n) is 4.97. The molecule has 0 atom stereocenters. The van der Waals surface area contributed by atoms with Gasteiger partial charge in [0.1, 0.15) is 0 Å². The number of rotatable bonds is 6. The van der Waals surface area contributed by atoms with Gasteiger partial charge in [0.05, 0.1) is 29.6 Å². The quantitative estimate of drug-likeness (QED) is 0.654. The van der Waals surface area contributed by atoms with E-state index in [1.54, 1.807) is 0 Å². The summed E-state index contributed by atoms with van der Waals surface area (Å²) in [4.78, 5) is 16.9. The molecule has 0 radical (unpaired) electrons. The SMILES string of the molecule is C(=NC1CCCCC1)=NC1CCCCC1.CCN=C=NC(C)(C)CCN. The number of nitrogens with two attached hydrogens (primary N) is 1. The molecule has 0 aromatic carbocycles. The highest BCUT2D eigenvalue weighted by Crippen LogP contribution is 2.21. The molecule has 0 aliphatic heterocycles. The Bertz CT molecular complexity index is 451. The Balaban J connectivity index is 0.000000276. The molecule has 5 heteroatoms. The zero-order valence-electron chi connectivity index (χ0n) is 17.2. The average Bonchev–Trinajstić information content (AvgIpc) is 2.64. The molecule has 2 aliphatic carbocycles. The van der Waals surface area contributed by atoms with E-state index >= 15 is 0 Å². The van der Waals surface area contributed by atoms with Gasteiger partial charge in [-0.3, -0.25) is 0 Å². The molecular formula is C21H39N5. The van der Waals surface area contributed by atoms with Gasteiger partial charge in [0.25, 0.3) is 0 Å². The molecule has 2 N–H and O–H groups in total. The summed E-state index contributed by atoms with van der Waals surface area (Å²) in [5.41, 5.74) is 5.30. The Morgan fingerprint density at radius 2 is 1.35 bits per heavy atom. The maximum atomic E-state index is 5.40. The zero-order chi connectivity index (χ0) is 19.1. The van der Waals surface area contributed by atoms with Crippen molar-refractivity contribution in [2.75, 3.05) is 13.1 Å². The van der Waals surface area contributed by atoms with Crippen molar-refractivity contribution in [2.24, 2.45) is 25.7 Å². The van der Waals surface area contributed by atoms with Gasteiger partial charge in [-0.05, 0) is 59.4 Å². The van der Waals surface area contributed by atoms with E-state index in [0.29, 0.717) is 18.6 Å². The van der Waals surface area contributed by atoms with E-state index in [2.05, 4.69) is 32.0 Å². The minimum atomic E-state index is -0.104. The van der Waals surface area contributed by atoms with E-state index in [0.717, 1.165) is 13.0 Å². The molecule has 0 spiro atoms. The maximum absolute atomic E-state index is 5.40. The van der Waals surface area contributed by atoms with Crippen LogP contribution in [0.25, 0.3) is 0 Å². The number of aliphatic imine (C=N–C) groups is 4. The van der Waals surface area contributed by atoms with Crippen LogP contribution in [0, 0.1) is 0 Å². The van der Waals surface area contributed by atoms with E-state index in [1.807, 2.05) is 20.8 Å². The fourth-order valence-electron chi connectivity index (χ4n) is 3.27. The summed E-state index contributed by atoms with van der Waals surface area (Å²) < 4.78 is 0. The molecule has 0 bridgehead atoms. The van der Waals surface area contributed by atoms with E-state index < -0.39 is 0 Å². The van der Waals surface area contributed by atoms with Gasteiger partial charge in [0, 0.05) is 6.54 Å². The van der Waals surface area contributed by atoms with Crippen molar-refractivity contribution in [1.82, 2.24) is 0 Å². The Morgan fingerprint density at radius 1 is 0.846 bits per heavy atom. The molecule has 0 unspecified atom stereocenters. The monoisotopic (exact) mass is 361 g/mol. The summed E-state index contributed by atoms with van der Waals surface area (Å²) in [6.45, 7) is 7.40. The van der Waals surface area contributed by atoms with Gasteiger partial charge < -0.3 is 5.73 Å². The lowest BCUT2D eigenvalue weighted by molar-refractivity contribution is 0.438. The second-order valence-electron chi connectivity index (χ2n) is 7.98. The molecule has 2 rings (SSSR count). The molecule has 0 aromatic heterocycles. The Hall–Kier alpha value is -1.28. The van der Waals surface area contributed by atoms with Crippen LogP contribution in [0.5, 0.6) is 0 Å². The van der Waals surface area contributed by atoms with Crippen LogP contribution >= 0.6 is 0 Å². The van der Waals surface area contributed by atoms with Crippen LogP contribution in [-0.4, -0.2) is 42.7 Å². The summed E-state index contributed by atoms with van der Waals surface area (Å²) in [5.74, 6) is 0. The lowest BCUT2D eigenvalue weighted by Gasteiger charge is -2.17. The molecule has 0 heterocycles. The highest BCUT2D eigenvalue weighted by molar-refractivity contribution is 5.42. The highest BCUT2D eigenvalue weighted by atomic mass is 14.9. The van der Waals surface area contributed by atoms with Gasteiger partial charge in [-0.25, -0.2) is 20.0 Å². The van der Waals surface area contributed by atoms with Gasteiger partial charge in [-0.15, -0.1) is 0 Å². The van der Waals surface area contributed by atoms with Crippen LogP contribution < -0.4 is 5.73 Å². The van der Waals surface area contributed by atoms with Crippen LogP contribution in [0.1, 0.15) is 91.4 Å². The number of hydrogen-bond donors (Lipinski definition) is 1. The first-order valence-electron chi connectivity index (χ1n) is 10.6. The van der Waals surface area contributed by atoms with Crippen molar-refractivity contribution in [1.29, 1.82) is 0 Å². The molecule has 2 aliphatic rings. The molecule has 0 saturated heterocycles. The third-order valence-corrected chi connectivity index (χ3v) is 4.97. The van der Waals surface area contributed by atoms with Gasteiger partial charge in [-0.2, -0.15) is 0 Å². The molecule has 26 heavy (non-hydrogen) atoms. The van der Waals surface area contributed by atoms with Crippen LogP contribution in [0.4, 0.5) is 0 Å². The van der Waals surface area contributed by atoms with Crippen LogP contribution in [-0.2, 0) is 0 Å². The molecular weight excluding hydrogens is 322 g/mol. The van der Waals surface area contributed by atoms with Gasteiger partial charge in [-0.1, -0.05) is 38.5 Å². The molecule has 0 amide bonds. The first-order valence-corrected chi connectivity index (χ1v) is 10.6. The fourth-order valence-corrected chi connectivity index (χ4v) is 3.27. The Labute approximate surface area is 160 Å². The first kappa shape index (κ1) is 22.8. The summed E-state index contributed by atoms with van der Waals surface area (Å²) in [6, 6.07) is 6.70. The molecule has 0 aromatic rings. The van der Waals surface area contributed by atoms with E-state index in [9.17, 15) is 0 Å². The predicted molar refractivity (Wildman–Crippen MR) is 112 cm³/mol. The number of nitrogens with zero attached hydrogens (tertiary/aromatic N) is 4. The zero-order valence-corrected chi connectivity index (χ0v) is 17.2. The maximum Gasteiger partial charge on any atom is 0.0898 e. The van der Waals surface area contributed by atoms with Crippen molar-refractivity contribution in [3.8, 4) is 0 Å². The average molecular weight is 362 g/mol. The van der Waals surface area contributed by atoms with Crippen LogP contribution in [0.2, 0.25) is 0 Å². The van der Waals surface area contributed by atoms with Crippen molar-refractivity contribution in [3.63, 3.8) is 0 Å². The van der Waals surface area contributed by atoms with Gasteiger partial charge in [0.15, 0.2) is 0 Å². The van der Waals surface area contributed by atoms with E-state index in [1.165, 1.54) is 64.2 Å². The molecule has 148 valence electrons. The number of hydrogen-bond acceptors (Lipinski definition) is 5. The molecule has 2 saturated carbocycles. The molecule has 5 nitrogen and oxygen atoms in total. The van der Waals surface area contributed by atoms with Crippen LogP contribution in [0.3, 0.4) is 0 Å². The van der Waals surface area contributed by atoms with Crippen molar-refractivity contribution in [2.45, 2.75) is 109 Å². The standard InChI is InChI=1S/C13H22N2.C8H17N3/c1-3-7-12(8-4-1)14-11-15-13-9-5-2-6-10-13;1-4-10-7-11-8(2,3)5-6-9/h12-13H,1-10H2;4-6,9H2,1-3H3. The second kappa shape index (κ2) is 13.9. The van der Waals surface area contributed by atoms with Crippen molar-refractivity contribution < 1.29 is 0 Å². The summed E-state index contributed by atoms with van der Waals surface area (Å²) in [7, 11) is 0. The first-order chi connectivity index (χ1) is 12.6. The van der Waals surface area contributed by atoms with E-state index in [4.69, 9.17) is 5.73 Å². The van der Waals surface area contributed by atoms with Gasteiger partial charge >= 0.3 is 0 Å². The van der Waals surface area contributed by atoms with Gasteiger partial charge in [0.2, 0.25) is 0 Å². The Kier molecular flexibility index (Phi) is 12.1. The smallest absolute Gasteiger partial charge is 0.0898 e. The Morgan fingerprint density at radius 3 is 1.77 bits per heavy atom. The lowest BCUT2D eigenvalue weighted by Crippen LogP contribution is -2.21. The predicted octanol–water partition coefficient (Wildman–Crippen LogP) is 5.13. The topological polar surface area (TPSA) is 75.5 Å². The summed E-state index contributed by atoms with van der Waals surface area (Å²) >= 11 is 0. The van der Waals surface area contributed by atoms with E-state index in [-0.39, 0.29) is 5.54 Å². The van der Waals surface area contributed by atoms with Crippen molar-refractivity contribution in [3.05, 3.63) is 0 Å². The highest BCUT2D eigenvalue weighted by Gasteiger charge is 2.13. The second-order valence-corrected chi connectivity index (χ2v) is 7.98. The van der Waals surface area contributed by atoms with Crippen molar-refractivity contribution >= 4 is 12.0 Å². The minimum absolute atomic E-state index is 0.104. The third kappa shape index (κ3) is 11.4. The summed E-state index contributed by atoms with van der Waals surface area (Å²) in [6.07, 6.45) is 14.1. The summed E-state index contributed by atoms with van der Waals surface area (Å²) in [5, 5.41) is 0. The molecule has 2 fully saturated rings. The normalized spacial score (nSPS) is 18.6. The minimum Gasteiger partial charge on any atom is -0.330 e. The van der Waals surface area contributed by atoms with Crippen LogP contribution in [0.15, 0.2) is 20.0 Å². The lowest BCUT2D eigenvalue weighted by atomic mass is 9.96.